The summed E-state index contributed by atoms with van der Waals surface area (Å²) in [7, 11) is 0. The maximum Gasteiger partial charge on any atom is 0.257 e. The zero-order chi connectivity index (χ0) is 19.1. The van der Waals surface area contributed by atoms with Crippen molar-refractivity contribution in [2.45, 2.75) is 32.2 Å². The minimum atomic E-state index is -0.256. The first-order valence-electron chi connectivity index (χ1n) is 9.22. The highest BCUT2D eigenvalue weighted by Crippen LogP contribution is 2.47. The number of nitrogens with zero attached hydrogens (tertiary/aromatic N) is 5. The molecule has 1 amide bonds. The molecule has 2 fully saturated rings. The highest BCUT2D eigenvalue weighted by atomic mass is 16.3. The molecular formula is C19H24N6O2. The Bertz CT molecular complexity index is 824. The van der Waals surface area contributed by atoms with E-state index in [-0.39, 0.29) is 29.4 Å². The summed E-state index contributed by atoms with van der Waals surface area (Å²) in [5.41, 5.74) is 1.01. The molecule has 8 heteroatoms. The van der Waals surface area contributed by atoms with Crippen molar-refractivity contribution >= 4 is 11.9 Å². The van der Waals surface area contributed by atoms with E-state index in [4.69, 9.17) is 0 Å². The zero-order valence-electron chi connectivity index (χ0n) is 15.6. The minimum Gasteiger partial charge on any atom is -0.396 e. The van der Waals surface area contributed by atoms with Crippen molar-refractivity contribution < 1.29 is 9.90 Å². The summed E-state index contributed by atoms with van der Waals surface area (Å²) in [6.07, 6.45) is 10.2. The van der Waals surface area contributed by atoms with E-state index >= 15 is 0 Å². The lowest BCUT2D eigenvalue weighted by atomic mass is 9.82. The molecule has 2 atom stereocenters. The van der Waals surface area contributed by atoms with Gasteiger partial charge >= 0.3 is 0 Å². The highest BCUT2D eigenvalue weighted by Gasteiger charge is 2.46. The predicted molar refractivity (Wildman–Crippen MR) is 98.9 cm³/mol. The number of hydrogen-bond donors (Lipinski definition) is 2. The third kappa shape index (κ3) is 3.25. The van der Waals surface area contributed by atoms with Gasteiger partial charge in [-0.1, -0.05) is 13.8 Å². The Morgan fingerprint density at radius 3 is 2.48 bits per heavy atom. The van der Waals surface area contributed by atoms with Crippen LogP contribution in [-0.2, 0) is 5.54 Å². The van der Waals surface area contributed by atoms with Crippen LogP contribution in [0.15, 0.2) is 31.1 Å². The van der Waals surface area contributed by atoms with E-state index in [1.165, 1.54) is 6.33 Å². The second-order valence-electron chi connectivity index (χ2n) is 8.03. The van der Waals surface area contributed by atoms with Crippen LogP contribution in [0.3, 0.4) is 0 Å². The summed E-state index contributed by atoms with van der Waals surface area (Å²) in [6, 6.07) is 0. The van der Waals surface area contributed by atoms with Gasteiger partial charge in [-0.25, -0.2) is 19.9 Å². The summed E-state index contributed by atoms with van der Waals surface area (Å²) in [6.45, 7) is 5.32. The molecule has 0 unspecified atom stereocenters. The van der Waals surface area contributed by atoms with Crippen LogP contribution in [0.1, 0.15) is 42.6 Å². The molecule has 0 bridgehead atoms. The molecule has 2 aromatic rings. The lowest BCUT2D eigenvalue weighted by Gasteiger charge is -2.25. The van der Waals surface area contributed by atoms with Crippen molar-refractivity contribution in [3.8, 4) is 0 Å². The van der Waals surface area contributed by atoms with Gasteiger partial charge in [0.2, 0.25) is 5.95 Å². The molecule has 1 saturated carbocycles. The molecule has 1 aliphatic carbocycles. The number of carbonyl (C=O) groups is 1. The van der Waals surface area contributed by atoms with Crippen LogP contribution in [0, 0.1) is 11.3 Å². The average Bonchev–Trinajstić information content (AvgIpc) is 3.42. The molecule has 2 N–H and O–H groups in total. The Balaban J connectivity index is 1.45. The maximum atomic E-state index is 12.8. The Morgan fingerprint density at radius 2 is 1.93 bits per heavy atom. The smallest absolute Gasteiger partial charge is 0.257 e. The predicted octanol–water partition coefficient (Wildman–Crippen LogP) is 1.46. The van der Waals surface area contributed by atoms with Crippen LogP contribution in [0.4, 0.5) is 5.95 Å². The van der Waals surface area contributed by atoms with Crippen LogP contribution in [0.5, 0.6) is 0 Å². The highest BCUT2D eigenvalue weighted by molar-refractivity contribution is 5.94. The zero-order valence-corrected chi connectivity index (χ0v) is 15.6. The molecule has 1 aliphatic heterocycles. The Hall–Kier alpha value is -2.61. The first-order chi connectivity index (χ1) is 13.0. The molecule has 4 rings (SSSR count). The number of amides is 1. The molecule has 2 aliphatic rings. The SMILES string of the molecule is C[C@H]1CN(C(=O)c2cnc(NC3(c4cncnc4)CC3)nc2)C[C@]1(C)CO. The fourth-order valence-corrected chi connectivity index (χ4v) is 3.62. The summed E-state index contributed by atoms with van der Waals surface area (Å²) in [5.74, 6) is 0.641. The summed E-state index contributed by atoms with van der Waals surface area (Å²) < 4.78 is 0. The van der Waals surface area contributed by atoms with Crippen LogP contribution in [-0.4, -0.2) is 55.5 Å². The number of nitrogens with one attached hydrogen (secondary N) is 1. The number of hydrogen-bond acceptors (Lipinski definition) is 7. The summed E-state index contributed by atoms with van der Waals surface area (Å²) in [5, 5.41) is 13.0. The van der Waals surface area contributed by atoms with Crippen LogP contribution >= 0.6 is 0 Å². The molecule has 1 saturated heterocycles. The normalized spacial score (nSPS) is 26.0. The van der Waals surface area contributed by atoms with Gasteiger partial charge < -0.3 is 15.3 Å². The van der Waals surface area contributed by atoms with E-state index in [1.54, 1.807) is 29.7 Å². The van der Waals surface area contributed by atoms with Crippen LogP contribution < -0.4 is 5.32 Å². The summed E-state index contributed by atoms with van der Waals surface area (Å²) >= 11 is 0. The molecule has 8 nitrogen and oxygen atoms in total. The van der Waals surface area contributed by atoms with Crippen LogP contribution in [0.2, 0.25) is 0 Å². The molecule has 0 radical (unpaired) electrons. The first kappa shape index (κ1) is 17.8. The standard InChI is InChI=1S/C19H24N6O2/c1-13-9-25(10-18(13,2)11-26)16(27)14-5-22-17(23-6-14)24-19(3-4-19)15-7-20-12-21-8-15/h5-8,12-13,26H,3-4,9-11H2,1-2H3,(H,22,23,24)/t13-,18+/m0/s1. The van der Waals surface area contributed by atoms with E-state index < -0.39 is 0 Å². The second kappa shape index (κ2) is 6.53. The quantitative estimate of drug-likeness (QED) is 0.823. The maximum absolute atomic E-state index is 12.8. The Morgan fingerprint density at radius 1 is 1.26 bits per heavy atom. The van der Waals surface area contributed by atoms with Gasteiger partial charge in [-0.15, -0.1) is 0 Å². The van der Waals surface area contributed by atoms with Gasteiger partial charge in [0.15, 0.2) is 0 Å². The number of carbonyl (C=O) groups excluding carboxylic acids is 1. The number of aliphatic hydroxyl groups excluding tert-OH is 1. The van der Waals surface area contributed by atoms with E-state index in [9.17, 15) is 9.90 Å². The molecule has 2 aromatic heterocycles. The van der Waals surface area contributed by atoms with Gasteiger partial charge in [-0.2, -0.15) is 0 Å². The van der Waals surface area contributed by atoms with Gasteiger partial charge in [0.05, 0.1) is 17.7 Å². The lowest BCUT2D eigenvalue weighted by Crippen LogP contribution is -2.33. The summed E-state index contributed by atoms with van der Waals surface area (Å²) in [4.78, 5) is 31.4. The fraction of sp³-hybridized carbons (Fsp3) is 0.526. The van der Waals surface area contributed by atoms with Gasteiger partial charge in [0.1, 0.15) is 6.33 Å². The number of aromatic nitrogens is 4. The van der Waals surface area contributed by atoms with Crippen molar-refractivity contribution in [1.29, 1.82) is 0 Å². The van der Waals surface area contributed by atoms with E-state index in [2.05, 4.69) is 32.2 Å². The van der Waals surface area contributed by atoms with Crippen molar-refractivity contribution in [3.05, 3.63) is 42.2 Å². The molecule has 0 aromatic carbocycles. The molecular weight excluding hydrogens is 344 g/mol. The van der Waals surface area contributed by atoms with E-state index in [0.717, 1.165) is 18.4 Å². The van der Waals surface area contributed by atoms with Crippen LogP contribution in [0.25, 0.3) is 0 Å². The van der Waals surface area contributed by atoms with E-state index in [0.29, 0.717) is 24.6 Å². The molecule has 27 heavy (non-hydrogen) atoms. The monoisotopic (exact) mass is 368 g/mol. The van der Waals surface area contributed by atoms with E-state index in [1.807, 2.05) is 6.92 Å². The second-order valence-corrected chi connectivity index (χ2v) is 8.03. The number of anilines is 1. The molecule has 142 valence electrons. The average molecular weight is 368 g/mol. The van der Waals surface area contributed by atoms with Crippen molar-refractivity contribution in [2.75, 3.05) is 25.0 Å². The molecule has 3 heterocycles. The molecule has 0 spiro atoms. The number of rotatable bonds is 5. The fourth-order valence-electron chi connectivity index (χ4n) is 3.62. The largest absolute Gasteiger partial charge is 0.396 e. The van der Waals surface area contributed by atoms with Gasteiger partial charge in [-0.05, 0) is 18.8 Å². The van der Waals surface area contributed by atoms with Crippen molar-refractivity contribution in [3.63, 3.8) is 0 Å². The minimum absolute atomic E-state index is 0.0720. The first-order valence-corrected chi connectivity index (χ1v) is 9.22. The number of aliphatic hydroxyl groups is 1. The third-order valence-corrected chi connectivity index (χ3v) is 6.00. The third-order valence-electron chi connectivity index (χ3n) is 6.00. The Labute approximate surface area is 158 Å². The van der Waals surface area contributed by atoms with Gasteiger partial charge in [0.25, 0.3) is 5.91 Å². The topological polar surface area (TPSA) is 104 Å². The van der Waals surface area contributed by atoms with Gasteiger partial charge in [0, 0.05) is 48.9 Å². The lowest BCUT2D eigenvalue weighted by molar-refractivity contribution is 0.0748. The number of likely N-dealkylation sites (tertiary alicyclic amines) is 1. The van der Waals surface area contributed by atoms with Crippen molar-refractivity contribution in [2.24, 2.45) is 11.3 Å². The van der Waals surface area contributed by atoms with Crippen molar-refractivity contribution in [1.82, 2.24) is 24.8 Å². The van der Waals surface area contributed by atoms with Gasteiger partial charge in [-0.3, -0.25) is 4.79 Å². The Kier molecular flexibility index (Phi) is 4.30.